The topological polar surface area (TPSA) is 102 Å². The van der Waals surface area contributed by atoms with Gasteiger partial charge in [-0.3, -0.25) is 9.59 Å². The Hall–Kier alpha value is -2.33. The Balaban J connectivity index is 1.62. The number of ether oxygens (including phenoxy) is 3. The molecular formula is C23H34N2O7S. The van der Waals surface area contributed by atoms with Crippen LogP contribution in [0.1, 0.15) is 39.0 Å². The van der Waals surface area contributed by atoms with Crippen molar-refractivity contribution in [3.63, 3.8) is 0 Å². The zero-order chi connectivity index (χ0) is 24.0. The largest absolute Gasteiger partial charge is 0.493 e. The van der Waals surface area contributed by atoms with E-state index in [0.29, 0.717) is 50.0 Å². The van der Waals surface area contributed by atoms with Gasteiger partial charge in [0.25, 0.3) is 0 Å². The summed E-state index contributed by atoms with van der Waals surface area (Å²) in [5.41, 5.74) is 0. The molecule has 1 saturated heterocycles. The van der Waals surface area contributed by atoms with Gasteiger partial charge < -0.3 is 19.1 Å². The lowest BCUT2D eigenvalue weighted by Gasteiger charge is -2.33. The van der Waals surface area contributed by atoms with Crippen molar-refractivity contribution < 1.29 is 32.2 Å². The normalized spacial score (nSPS) is 17.4. The van der Waals surface area contributed by atoms with Gasteiger partial charge in [-0.15, -0.1) is 0 Å². The number of hydrogen-bond acceptors (Lipinski definition) is 7. The van der Waals surface area contributed by atoms with Crippen LogP contribution < -0.4 is 9.47 Å². The molecule has 0 spiro atoms. The van der Waals surface area contributed by atoms with Crippen LogP contribution in [0.5, 0.6) is 11.5 Å². The minimum Gasteiger partial charge on any atom is -0.493 e. The molecule has 1 saturated carbocycles. The highest BCUT2D eigenvalue weighted by atomic mass is 32.2. The van der Waals surface area contributed by atoms with Crippen LogP contribution in [0.3, 0.4) is 0 Å². The van der Waals surface area contributed by atoms with E-state index in [1.165, 1.54) is 30.7 Å². The lowest BCUT2D eigenvalue weighted by molar-refractivity contribution is -0.144. The predicted molar refractivity (Wildman–Crippen MR) is 122 cm³/mol. The third kappa shape index (κ3) is 6.38. The maximum Gasteiger partial charge on any atom is 0.307 e. The molecule has 0 unspecified atom stereocenters. The van der Waals surface area contributed by atoms with E-state index in [0.717, 1.165) is 12.8 Å². The number of benzene rings is 1. The van der Waals surface area contributed by atoms with E-state index in [1.807, 2.05) is 0 Å². The molecule has 1 aliphatic heterocycles. The average Bonchev–Trinajstić information content (AvgIpc) is 3.65. The summed E-state index contributed by atoms with van der Waals surface area (Å²) in [6.07, 6.45) is 3.28. The molecule has 2 fully saturated rings. The van der Waals surface area contributed by atoms with Crippen LogP contribution in [0.2, 0.25) is 0 Å². The zero-order valence-corrected chi connectivity index (χ0v) is 20.4. The first-order valence-electron chi connectivity index (χ1n) is 11.5. The van der Waals surface area contributed by atoms with Crippen molar-refractivity contribution >= 4 is 21.9 Å². The number of rotatable bonds is 11. The van der Waals surface area contributed by atoms with Crippen molar-refractivity contribution in [3.8, 4) is 11.5 Å². The molecule has 1 heterocycles. The molecule has 0 N–H and O–H groups in total. The van der Waals surface area contributed by atoms with Crippen LogP contribution in [0, 0.1) is 11.8 Å². The number of amides is 1. The summed E-state index contributed by atoms with van der Waals surface area (Å²) in [6, 6.07) is 4.53. The molecule has 10 heteroatoms. The number of carbonyl (C=O) groups excluding carboxylic acids is 2. The second-order valence-corrected chi connectivity index (χ2v) is 10.4. The van der Waals surface area contributed by atoms with Crippen molar-refractivity contribution in [1.29, 1.82) is 0 Å². The average molecular weight is 483 g/mol. The Bertz CT molecular complexity index is 938. The summed E-state index contributed by atoms with van der Waals surface area (Å²) >= 11 is 0. The number of hydrogen-bond donors (Lipinski definition) is 0. The quantitative estimate of drug-likeness (QED) is 0.446. The van der Waals surface area contributed by atoms with Gasteiger partial charge in [0.2, 0.25) is 15.9 Å². The Morgan fingerprint density at radius 1 is 1.06 bits per heavy atom. The molecule has 3 rings (SSSR count). The van der Waals surface area contributed by atoms with E-state index < -0.39 is 10.0 Å². The summed E-state index contributed by atoms with van der Waals surface area (Å²) in [7, 11) is -0.762. The van der Waals surface area contributed by atoms with Gasteiger partial charge in [0, 0.05) is 38.2 Å². The number of carbonyl (C=O) groups is 2. The molecule has 0 bridgehead atoms. The van der Waals surface area contributed by atoms with Crippen molar-refractivity contribution in [1.82, 2.24) is 9.21 Å². The van der Waals surface area contributed by atoms with Gasteiger partial charge in [-0.2, -0.15) is 4.31 Å². The fourth-order valence-corrected chi connectivity index (χ4v) is 5.58. The van der Waals surface area contributed by atoms with Crippen molar-refractivity contribution in [2.24, 2.45) is 11.8 Å². The number of methoxy groups -OCH3 is 2. The SMILES string of the molecule is CCOC(=O)CCN(CC1CC1)C(=O)C1CCN(S(=O)(=O)c2ccc(OC)c(OC)c2)CC1. The Morgan fingerprint density at radius 2 is 1.73 bits per heavy atom. The molecule has 1 aromatic carbocycles. The molecule has 1 aliphatic carbocycles. The Kier molecular flexibility index (Phi) is 8.58. The van der Waals surface area contributed by atoms with Gasteiger partial charge in [-0.05, 0) is 50.7 Å². The molecule has 0 radical (unpaired) electrons. The second-order valence-electron chi connectivity index (χ2n) is 8.48. The minimum absolute atomic E-state index is 0.00867. The summed E-state index contributed by atoms with van der Waals surface area (Å²) < 4.78 is 43.1. The lowest BCUT2D eigenvalue weighted by Crippen LogP contribution is -2.45. The van der Waals surface area contributed by atoms with Crippen LogP contribution >= 0.6 is 0 Å². The molecule has 184 valence electrons. The first-order chi connectivity index (χ1) is 15.8. The molecular weight excluding hydrogens is 448 g/mol. The lowest BCUT2D eigenvalue weighted by atomic mass is 9.96. The van der Waals surface area contributed by atoms with E-state index >= 15 is 0 Å². The third-order valence-corrected chi connectivity index (χ3v) is 8.07. The number of piperidine rings is 1. The Labute approximate surface area is 196 Å². The number of nitrogens with zero attached hydrogens (tertiary/aromatic N) is 2. The molecule has 1 aromatic rings. The molecule has 0 atom stereocenters. The van der Waals surface area contributed by atoms with E-state index in [-0.39, 0.29) is 42.2 Å². The molecule has 33 heavy (non-hydrogen) atoms. The molecule has 1 amide bonds. The highest BCUT2D eigenvalue weighted by Crippen LogP contribution is 2.33. The van der Waals surface area contributed by atoms with Gasteiger partial charge in [0.15, 0.2) is 11.5 Å². The summed E-state index contributed by atoms with van der Waals surface area (Å²) in [5, 5.41) is 0. The molecule has 0 aromatic heterocycles. The van der Waals surface area contributed by atoms with E-state index in [4.69, 9.17) is 14.2 Å². The highest BCUT2D eigenvalue weighted by Gasteiger charge is 2.36. The number of esters is 1. The Morgan fingerprint density at radius 3 is 2.30 bits per heavy atom. The number of sulfonamides is 1. The predicted octanol–water partition coefficient (Wildman–Crippen LogP) is 2.30. The van der Waals surface area contributed by atoms with Crippen LogP contribution in [-0.2, 0) is 24.3 Å². The maximum atomic E-state index is 13.2. The second kappa shape index (κ2) is 11.2. The minimum atomic E-state index is -3.71. The maximum absolute atomic E-state index is 13.2. The van der Waals surface area contributed by atoms with Crippen LogP contribution in [0.15, 0.2) is 23.1 Å². The van der Waals surface area contributed by atoms with Gasteiger partial charge in [-0.25, -0.2) is 8.42 Å². The summed E-state index contributed by atoms with van der Waals surface area (Å²) in [4.78, 5) is 26.9. The fraction of sp³-hybridized carbons (Fsp3) is 0.652. The first-order valence-corrected chi connectivity index (χ1v) is 12.9. The van der Waals surface area contributed by atoms with E-state index in [9.17, 15) is 18.0 Å². The smallest absolute Gasteiger partial charge is 0.307 e. The van der Waals surface area contributed by atoms with Crippen LogP contribution in [0.25, 0.3) is 0 Å². The van der Waals surface area contributed by atoms with Crippen molar-refractivity contribution in [2.45, 2.75) is 43.9 Å². The van der Waals surface area contributed by atoms with Gasteiger partial charge >= 0.3 is 5.97 Å². The van der Waals surface area contributed by atoms with Crippen molar-refractivity contribution in [2.75, 3.05) is 47.0 Å². The van der Waals surface area contributed by atoms with Crippen LogP contribution in [-0.4, -0.2) is 76.5 Å². The fourth-order valence-electron chi connectivity index (χ4n) is 4.09. The monoisotopic (exact) mass is 482 g/mol. The highest BCUT2D eigenvalue weighted by molar-refractivity contribution is 7.89. The van der Waals surface area contributed by atoms with E-state index in [1.54, 1.807) is 17.9 Å². The molecule has 9 nitrogen and oxygen atoms in total. The zero-order valence-electron chi connectivity index (χ0n) is 19.6. The van der Waals surface area contributed by atoms with Gasteiger partial charge in [0.1, 0.15) is 0 Å². The van der Waals surface area contributed by atoms with E-state index in [2.05, 4.69) is 0 Å². The summed E-state index contributed by atoms with van der Waals surface area (Å²) in [5.74, 6) is 0.765. The molecule has 2 aliphatic rings. The van der Waals surface area contributed by atoms with Crippen molar-refractivity contribution in [3.05, 3.63) is 18.2 Å². The van der Waals surface area contributed by atoms with Gasteiger partial charge in [-0.1, -0.05) is 0 Å². The first kappa shape index (κ1) is 25.3. The van der Waals surface area contributed by atoms with Crippen LogP contribution in [0.4, 0.5) is 0 Å². The summed E-state index contributed by atoms with van der Waals surface area (Å²) in [6.45, 7) is 3.61. The van der Waals surface area contributed by atoms with Gasteiger partial charge in [0.05, 0.1) is 32.1 Å². The standard InChI is InChI=1S/C23H34N2O7S/c1-4-32-22(26)11-12-24(16-17-5-6-17)23(27)18-9-13-25(14-10-18)33(28,29)19-7-8-20(30-2)21(15-19)31-3/h7-8,15,17-18H,4-6,9-14,16H2,1-3H3. The third-order valence-electron chi connectivity index (χ3n) is 6.17.